The van der Waals surface area contributed by atoms with Gasteiger partial charge in [0.15, 0.2) is 5.90 Å². The van der Waals surface area contributed by atoms with Gasteiger partial charge in [0.2, 0.25) is 5.90 Å². The summed E-state index contributed by atoms with van der Waals surface area (Å²) < 4.78 is 6.07. The highest BCUT2D eigenvalue weighted by Gasteiger charge is 2.26. The van der Waals surface area contributed by atoms with E-state index in [0.717, 1.165) is 37.1 Å². The molecule has 5 heteroatoms. The van der Waals surface area contributed by atoms with Crippen molar-refractivity contribution in [1.82, 2.24) is 4.90 Å². The number of halogens is 1. The molecule has 1 unspecified atom stereocenters. The fourth-order valence-corrected chi connectivity index (χ4v) is 3.39. The minimum absolute atomic E-state index is 0.0900. The molecule has 2 rings (SSSR count). The molecule has 1 aromatic rings. The van der Waals surface area contributed by atoms with Crippen LogP contribution in [0.1, 0.15) is 36.5 Å². The van der Waals surface area contributed by atoms with E-state index in [4.69, 9.17) is 15.6 Å². The Kier molecular flexibility index (Phi) is 5.97. The number of hydrogen-bond donors (Lipinski definition) is 2. The number of alkyl halides is 1. The van der Waals surface area contributed by atoms with Crippen molar-refractivity contribution in [3.63, 3.8) is 0 Å². The Balaban J connectivity index is 1.93. The highest BCUT2D eigenvalue weighted by molar-refractivity contribution is 14.1. The first kappa shape index (κ1) is 17.4. The van der Waals surface area contributed by atoms with Gasteiger partial charge in [0.05, 0.1) is 4.05 Å². The molecule has 0 bridgehead atoms. The number of likely N-dealkylation sites (tertiary alicyclic amines) is 1. The monoisotopic (exact) mass is 413 g/mol. The largest absolute Gasteiger partial charge is 0.425 e. The maximum absolute atomic E-state index is 8.17. The molecule has 2 N–H and O–H groups in total. The maximum atomic E-state index is 8.17. The van der Waals surface area contributed by atoms with Gasteiger partial charge in [-0.05, 0) is 58.3 Å². The van der Waals surface area contributed by atoms with Crippen molar-refractivity contribution in [2.45, 2.75) is 37.7 Å². The average Bonchev–Trinajstić information content (AvgIpc) is 2.47. The Morgan fingerprint density at radius 3 is 2.45 bits per heavy atom. The van der Waals surface area contributed by atoms with Crippen molar-refractivity contribution in [3.8, 4) is 0 Å². The minimum Gasteiger partial charge on any atom is -0.425 e. The molecule has 0 spiro atoms. The Bertz CT molecular complexity index is 563. The third kappa shape index (κ3) is 4.29. The molecule has 1 aliphatic rings. The Hall–Kier alpha value is -0.950. The Morgan fingerprint density at radius 1 is 1.27 bits per heavy atom. The average molecular weight is 413 g/mol. The number of ether oxygens (including phenoxy) is 1. The standard InChI is InChI=1S/C17H24IN3O/c1-11-4-5-15(12(2)10-11)17(20)22-16(19)14-6-8-21(9-7-14)13(3)18/h4-5,10,13-14,19-20H,6-9H2,1-3H3. The first-order chi connectivity index (χ1) is 10.4. The lowest BCUT2D eigenvalue weighted by Crippen LogP contribution is -2.39. The zero-order valence-corrected chi connectivity index (χ0v) is 15.6. The first-order valence-electron chi connectivity index (χ1n) is 7.69. The number of nitrogens with zero attached hydrogens (tertiary/aromatic N) is 1. The summed E-state index contributed by atoms with van der Waals surface area (Å²) in [6, 6.07) is 5.92. The normalized spacial score (nSPS) is 18.0. The Morgan fingerprint density at radius 2 is 1.91 bits per heavy atom. The van der Waals surface area contributed by atoms with Crippen molar-refractivity contribution < 1.29 is 4.74 Å². The lowest BCUT2D eigenvalue weighted by molar-refractivity contribution is 0.202. The molecule has 1 aliphatic heterocycles. The van der Waals surface area contributed by atoms with Crippen molar-refractivity contribution in [2.24, 2.45) is 5.92 Å². The number of piperidine rings is 1. The fraction of sp³-hybridized carbons (Fsp3) is 0.529. The minimum atomic E-state index is 0.0900. The molecule has 0 aromatic heterocycles. The summed E-state index contributed by atoms with van der Waals surface area (Å²) in [4.78, 5) is 2.42. The van der Waals surface area contributed by atoms with Crippen molar-refractivity contribution in [2.75, 3.05) is 13.1 Å². The number of benzene rings is 1. The third-order valence-corrected chi connectivity index (χ3v) is 5.03. The van der Waals surface area contributed by atoms with E-state index in [1.165, 1.54) is 5.56 Å². The van der Waals surface area contributed by atoms with Gasteiger partial charge in [-0.15, -0.1) is 0 Å². The molecule has 1 fully saturated rings. The maximum Gasteiger partial charge on any atom is 0.221 e. The second kappa shape index (κ2) is 7.55. The molecule has 1 atom stereocenters. The molecular formula is C17H24IN3O. The van der Waals surface area contributed by atoms with Gasteiger partial charge in [0.1, 0.15) is 0 Å². The summed E-state index contributed by atoms with van der Waals surface area (Å²) in [5.41, 5.74) is 2.96. The van der Waals surface area contributed by atoms with Crippen LogP contribution < -0.4 is 0 Å². The SMILES string of the molecule is Cc1ccc(C(=N)OC(=N)C2CCN(C(C)I)CC2)c(C)c1. The van der Waals surface area contributed by atoms with Crippen LogP contribution >= 0.6 is 22.6 Å². The van der Waals surface area contributed by atoms with E-state index in [0.29, 0.717) is 4.05 Å². The van der Waals surface area contributed by atoms with Gasteiger partial charge < -0.3 is 4.74 Å². The van der Waals surface area contributed by atoms with E-state index in [9.17, 15) is 0 Å². The molecule has 120 valence electrons. The summed E-state index contributed by atoms with van der Waals surface area (Å²) in [5.74, 6) is 0.468. The smallest absolute Gasteiger partial charge is 0.221 e. The van der Waals surface area contributed by atoms with E-state index >= 15 is 0 Å². The summed E-state index contributed by atoms with van der Waals surface area (Å²) in [7, 11) is 0. The van der Waals surface area contributed by atoms with Crippen LogP contribution in [0.5, 0.6) is 0 Å². The van der Waals surface area contributed by atoms with Gasteiger partial charge in [-0.2, -0.15) is 0 Å². The number of rotatable bonds is 3. The van der Waals surface area contributed by atoms with Gasteiger partial charge in [-0.25, -0.2) is 0 Å². The molecule has 0 amide bonds. The molecule has 0 aliphatic carbocycles. The van der Waals surface area contributed by atoms with E-state index in [-0.39, 0.29) is 17.7 Å². The van der Waals surface area contributed by atoms with Crippen molar-refractivity contribution in [1.29, 1.82) is 10.8 Å². The lowest BCUT2D eigenvalue weighted by Gasteiger charge is -2.33. The van der Waals surface area contributed by atoms with Crippen LogP contribution in [0.3, 0.4) is 0 Å². The van der Waals surface area contributed by atoms with Crippen molar-refractivity contribution in [3.05, 3.63) is 34.9 Å². The van der Waals surface area contributed by atoms with Gasteiger partial charge >= 0.3 is 0 Å². The predicted molar refractivity (Wildman–Crippen MR) is 99.3 cm³/mol. The number of hydrogen-bond acceptors (Lipinski definition) is 4. The second-order valence-electron chi connectivity index (χ2n) is 6.00. The van der Waals surface area contributed by atoms with Crippen LogP contribution in [0.2, 0.25) is 0 Å². The lowest BCUT2D eigenvalue weighted by atomic mass is 9.96. The summed E-state index contributed by atoms with van der Waals surface area (Å²) >= 11 is 2.43. The predicted octanol–water partition coefficient (Wildman–Crippen LogP) is 4.12. The van der Waals surface area contributed by atoms with E-state index in [1.54, 1.807) is 0 Å². The van der Waals surface area contributed by atoms with Gasteiger partial charge in [0, 0.05) is 11.5 Å². The molecule has 1 saturated heterocycles. The third-order valence-electron chi connectivity index (χ3n) is 4.24. The highest BCUT2D eigenvalue weighted by Crippen LogP contribution is 2.23. The van der Waals surface area contributed by atoms with Crippen LogP contribution in [0, 0.1) is 30.6 Å². The summed E-state index contributed by atoms with van der Waals surface area (Å²) in [6.45, 7) is 8.20. The van der Waals surface area contributed by atoms with E-state index in [2.05, 4.69) is 34.4 Å². The number of nitrogens with one attached hydrogen (secondary N) is 2. The Labute approximate surface area is 146 Å². The zero-order chi connectivity index (χ0) is 16.3. The van der Waals surface area contributed by atoms with Crippen LogP contribution in [-0.4, -0.2) is 33.8 Å². The fourth-order valence-electron chi connectivity index (χ4n) is 2.83. The highest BCUT2D eigenvalue weighted by atomic mass is 127. The molecule has 22 heavy (non-hydrogen) atoms. The van der Waals surface area contributed by atoms with Crippen LogP contribution in [0.4, 0.5) is 0 Å². The van der Waals surface area contributed by atoms with Gasteiger partial charge in [-0.3, -0.25) is 15.7 Å². The summed E-state index contributed by atoms with van der Waals surface area (Å²) in [6.07, 6.45) is 1.87. The van der Waals surface area contributed by atoms with Crippen LogP contribution in [0.15, 0.2) is 18.2 Å². The van der Waals surface area contributed by atoms with Crippen molar-refractivity contribution >= 4 is 34.4 Å². The zero-order valence-electron chi connectivity index (χ0n) is 13.4. The molecule has 0 saturated carbocycles. The molecule has 1 heterocycles. The van der Waals surface area contributed by atoms with Gasteiger partial charge in [-0.1, -0.05) is 40.3 Å². The number of aryl methyl sites for hydroxylation is 2. The first-order valence-corrected chi connectivity index (χ1v) is 8.93. The molecular weight excluding hydrogens is 389 g/mol. The van der Waals surface area contributed by atoms with Crippen LogP contribution in [0.25, 0.3) is 0 Å². The van der Waals surface area contributed by atoms with E-state index < -0.39 is 0 Å². The van der Waals surface area contributed by atoms with Gasteiger partial charge in [0.25, 0.3) is 0 Å². The quantitative estimate of drug-likeness (QED) is 0.258. The van der Waals surface area contributed by atoms with Crippen LogP contribution in [-0.2, 0) is 4.74 Å². The molecule has 1 aromatic carbocycles. The van der Waals surface area contributed by atoms with E-state index in [1.807, 2.05) is 32.0 Å². The topological polar surface area (TPSA) is 60.2 Å². The summed E-state index contributed by atoms with van der Waals surface area (Å²) in [5, 5.41) is 16.3. The second-order valence-corrected chi connectivity index (χ2v) is 7.80. The molecule has 4 nitrogen and oxygen atoms in total. The molecule has 0 radical (unpaired) electrons.